The summed E-state index contributed by atoms with van der Waals surface area (Å²) in [6.07, 6.45) is 9.78. The van der Waals surface area contributed by atoms with Crippen molar-refractivity contribution in [1.29, 1.82) is 0 Å². The van der Waals surface area contributed by atoms with Gasteiger partial charge in [0.1, 0.15) is 23.2 Å². The number of amides is 5. The van der Waals surface area contributed by atoms with E-state index in [0.29, 0.717) is 32.2 Å². The number of Topliss-reactive ketones (excluding diaryl/α,β-unsaturated/α-hetero) is 1. The SMILES string of the molecule is CCC(C)CC(NC(=O)C1CCCN1C(=O)C(NC(=O)NC1(C(=O)OC(C)(C)C)CCCCC1)C1CCCCC1)C(=O)C(N)=O. The van der Waals surface area contributed by atoms with Crippen LogP contribution in [0.15, 0.2) is 0 Å². The van der Waals surface area contributed by atoms with E-state index >= 15 is 0 Å². The van der Waals surface area contributed by atoms with E-state index < -0.39 is 58.9 Å². The summed E-state index contributed by atoms with van der Waals surface area (Å²) in [5.74, 6) is -3.38. The lowest BCUT2D eigenvalue weighted by Gasteiger charge is -2.39. The lowest BCUT2D eigenvalue weighted by molar-refractivity contribution is -0.164. The molecule has 4 unspecified atom stereocenters. The summed E-state index contributed by atoms with van der Waals surface area (Å²) < 4.78 is 5.71. The predicted molar refractivity (Wildman–Crippen MR) is 169 cm³/mol. The summed E-state index contributed by atoms with van der Waals surface area (Å²) in [4.78, 5) is 80.5. The number of nitrogens with zero attached hydrogens (tertiary/aromatic N) is 1. The molecule has 12 heteroatoms. The van der Waals surface area contributed by atoms with Crippen molar-refractivity contribution in [3.8, 4) is 0 Å². The first-order valence-electron chi connectivity index (χ1n) is 16.9. The van der Waals surface area contributed by atoms with Crippen molar-refractivity contribution < 1.29 is 33.5 Å². The van der Waals surface area contributed by atoms with Gasteiger partial charge in [0.2, 0.25) is 17.6 Å². The number of carbonyl (C=O) groups excluding carboxylic acids is 6. The normalized spacial score (nSPS) is 22.4. The number of carbonyl (C=O) groups is 6. The van der Waals surface area contributed by atoms with E-state index in [4.69, 9.17) is 10.5 Å². The zero-order valence-electron chi connectivity index (χ0n) is 27.9. The molecule has 45 heavy (non-hydrogen) atoms. The highest BCUT2D eigenvalue weighted by Gasteiger charge is 2.46. The summed E-state index contributed by atoms with van der Waals surface area (Å²) >= 11 is 0. The monoisotopic (exact) mass is 633 g/mol. The van der Waals surface area contributed by atoms with Gasteiger partial charge in [-0.3, -0.25) is 19.2 Å². The highest BCUT2D eigenvalue weighted by Crippen LogP contribution is 2.32. The molecule has 254 valence electrons. The van der Waals surface area contributed by atoms with E-state index in [2.05, 4.69) is 16.0 Å². The summed E-state index contributed by atoms with van der Waals surface area (Å²) in [6, 6.07) is -3.41. The van der Waals surface area contributed by atoms with Gasteiger partial charge in [-0.1, -0.05) is 58.8 Å². The van der Waals surface area contributed by atoms with Crippen LogP contribution in [0.5, 0.6) is 0 Å². The fourth-order valence-electron chi connectivity index (χ4n) is 6.88. The number of nitrogens with two attached hydrogens (primary N) is 1. The number of ether oxygens (including phenoxy) is 1. The van der Waals surface area contributed by atoms with Crippen LogP contribution in [0.25, 0.3) is 0 Å². The number of hydrogen-bond donors (Lipinski definition) is 4. The van der Waals surface area contributed by atoms with Gasteiger partial charge in [0.25, 0.3) is 5.91 Å². The zero-order chi connectivity index (χ0) is 33.4. The van der Waals surface area contributed by atoms with Crippen LogP contribution in [0.4, 0.5) is 4.79 Å². The minimum absolute atomic E-state index is 0.0615. The standard InChI is InChI=1S/C33H55N5O7/c1-6-21(2)20-23(26(39)27(34)40)35-28(41)24-16-13-19-38(24)29(42)25(22-14-9-7-10-15-22)36-31(44)37-33(17-11-8-12-18-33)30(43)45-32(3,4)5/h21-25H,6-20H2,1-5H3,(H2,34,40)(H,35,41)(H2,36,37,44). The number of rotatable bonds is 12. The third-order valence-electron chi connectivity index (χ3n) is 9.57. The Morgan fingerprint density at radius 3 is 2.11 bits per heavy atom. The van der Waals surface area contributed by atoms with Gasteiger partial charge >= 0.3 is 12.0 Å². The minimum atomic E-state index is -1.18. The maximum absolute atomic E-state index is 14.2. The fourth-order valence-corrected chi connectivity index (χ4v) is 6.88. The average Bonchev–Trinajstić information content (AvgIpc) is 3.49. The average molecular weight is 634 g/mol. The number of ketones is 1. The van der Waals surface area contributed by atoms with E-state index in [9.17, 15) is 28.8 Å². The van der Waals surface area contributed by atoms with Gasteiger partial charge in [0, 0.05) is 6.54 Å². The molecule has 1 heterocycles. The number of esters is 1. The van der Waals surface area contributed by atoms with Crippen molar-refractivity contribution in [2.75, 3.05) is 6.54 Å². The lowest BCUT2D eigenvalue weighted by Crippen LogP contribution is -2.63. The maximum Gasteiger partial charge on any atom is 0.332 e. The Labute approximate surface area is 267 Å². The van der Waals surface area contributed by atoms with Crippen LogP contribution in [0.1, 0.15) is 125 Å². The minimum Gasteiger partial charge on any atom is -0.458 e. The molecule has 4 atom stereocenters. The van der Waals surface area contributed by atoms with Gasteiger partial charge in [0.15, 0.2) is 0 Å². The third-order valence-corrected chi connectivity index (χ3v) is 9.57. The van der Waals surface area contributed by atoms with Crippen LogP contribution in [0, 0.1) is 11.8 Å². The second-order valence-electron chi connectivity index (χ2n) is 14.3. The molecule has 5 N–H and O–H groups in total. The Bertz CT molecular complexity index is 1090. The van der Waals surface area contributed by atoms with E-state index in [-0.39, 0.29) is 24.2 Å². The van der Waals surface area contributed by atoms with Crippen LogP contribution in [0.3, 0.4) is 0 Å². The molecule has 2 aliphatic carbocycles. The zero-order valence-corrected chi connectivity index (χ0v) is 27.9. The molecule has 0 aromatic rings. The molecule has 1 saturated heterocycles. The Morgan fingerprint density at radius 1 is 0.911 bits per heavy atom. The van der Waals surface area contributed by atoms with Gasteiger partial charge in [-0.25, -0.2) is 9.59 Å². The molecule has 0 radical (unpaired) electrons. The second-order valence-corrected chi connectivity index (χ2v) is 14.3. The summed E-state index contributed by atoms with van der Waals surface area (Å²) in [6.45, 7) is 9.57. The van der Waals surface area contributed by atoms with E-state index in [1.54, 1.807) is 20.8 Å². The van der Waals surface area contributed by atoms with Crippen LogP contribution in [-0.2, 0) is 28.7 Å². The van der Waals surface area contributed by atoms with Crippen LogP contribution in [0.2, 0.25) is 0 Å². The molecule has 3 rings (SSSR count). The summed E-state index contributed by atoms with van der Waals surface area (Å²) in [5, 5.41) is 8.55. The molecule has 0 bridgehead atoms. The topological polar surface area (TPSA) is 177 Å². The number of hydrogen-bond acceptors (Lipinski definition) is 7. The van der Waals surface area contributed by atoms with Gasteiger partial charge < -0.3 is 31.3 Å². The molecule has 3 aliphatic rings. The van der Waals surface area contributed by atoms with E-state index in [1.165, 1.54) is 4.90 Å². The molecule has 0 spiro atoms. The molecule has 1 aliphatic heterocycles. The van der Waals surface area contributed by atoms with Crippen molar-refractivity contribution in [3.05, 3.63) is 0 Å². The van der Waals surface area contributed by atoms with Gasteiger partial charge in [-0.2, -0.15) is 0 Å². The Kier molecular flexibility index (Phi) is 12.8. The van der Waals surface area contributed by atoms with Crippen molar-refractivity contribution >= 4 is 35.5 Å². The Morgan fingerprint density at radius 2 is 1.53 bits per heavy atom. The molecule has 5 amide bonds. The smallest absolute Gasteiger partial charge is 0.332 e. The molecular formula is C33H55N5O7. The highest BCUT2D eigenvalue weighted by atomic mass is 16.6. The van der Waals surface area contributed by atoms with Crippen molar-refractivity contribution in [2.24, 2.45) is 17.6 Å². The first kappa shape index (κ1) is 36.3. The molecule has 0 aromatic heterocycles. The molecule has 2 saturated carbocycles. The van der Waals surface area contributed by atoms with Crippen LogP contribution >= 0.6 is 0 Å². The highest BCUT2D eigenvalue weighted by molar-refractivity contribution is 6.37. The number of nitrogens with one attached hydrogen (secondary N) is 3. The number of primary amides is 1. The second kappa shape index (κ2) is 15.9. The van der Waals surface area contributed by atoms with Crippen molar-refractivity contribution in [1.82, 2.24) is 20.9 Å². The van der Waals surface area contributed by atoms with Gasteiger partial charge in [-0.15, -0.1) is 0 Å². The summed E-state index contributed by atoms with van der Waals surface area (Å²) in [7, 11) is 0. The Hall–Kier alpha value is -3.18. The molecule has 0 aromatic carbocycles. The molecule has 12 nitrogen and oxygen atoms in total. The third kappa shape index (κ3) is 9.90. The number of urea groups is 1. The van der Waals surface area contributed by atoms with Crippen LogP contribution in [-0.4, -0.2) is 76.2 Å². The first-order chi connectivity index (χ1) is 21.2. The molecule has 3 fully saturated rings. The van der Waals surface area contributed by atoms with E-state index in [1.807, 2.05) is 13.8 Å². The summed E-state index contributed by atoms with van der Waals surface area (Å²) in [5.41, 5.74) is 3.37. The fraction of sp³-hybridized carbons (Fsp3) is 0.818. The quantitative estimate of drug-likeness (QED) is 0.188. The van der Waals surface area contributed by atoms with Crippen molar-refractivity contribution in [2.45, 2.75) is 154 Å². The lowest BCUT2D eigenvalue weighted by atomic mass is 9.81. The maximum atomic E-state index is 14.2. The molecular weight excluding hydrogens is 578 g/mol. The van der Waals surface area contributed by atoms with Gasteiger partial charge in [-0.05, 0) is 77.6 Å². The number of likely N-dealkylation sites (tertiary alicyclic amines) is 1. The van der Waals surface area contributed by atoms with Crippen molar-refractivity contribution in [3.63, 3.8) is 0 Å². The van der Waals surface area contributed by atoms with E-state index in [0.717, 1.165) is 57.8 Å². The largest absolute Gasteiger partial charge is 0.458 e. The Balaban J connectivity index is 1.80. The van der Waals surface area contributed by atoms with Gasteiger partial charge in [0.05, 0.1) is 6.04 Å². The van der Waals surface area contributed by atoms with Crippen LogP contribution < -0.4 is 21.7 Å². The first-order valence-corrected chi connectivity index (χ1v) is 16.9. The predicted octanol–water partition coefficient (Wildman–Crippen LogP) is 3.25.